The molecule has 1 aromatic rings. The van der Waals surface area contributed by atoms with Crippen LogP contribution in [0, 0.1) is 11.8 Å². The number of halogens is 1. The molecule has 0 amide bonds. The third-order valence-corrected chi connectivity index (χ3v) is 4.24. The third kappa shape index (κ3) is 2.97. The predicted octanol–water partition coefficient (Wildman–Crippen LogP) is 3.87. The Kier molecular flexibility index (Phi) is 4.50. The molecule has 1 unspecified atom stereocenters. The molecule has 2 nitrogen and oxygen atoms in total. The third-order valence-electron chi connectivity index (χ3n) is 3.93. The number of hydrogen-bond donors (Lipinski definition) is 0. The van der Waals surface area contributed by atoms with Gasteiger partial charge in [-0.15, -0.1) is 11.6 Å². The molecule has 0 aliphatic carbocycles. The van der Waals surface area contributed by atoms with Crippen LogP contribution < -0.4 is 4.90 Å². The van der Waals surface area contributed by atoms with Gasteiger partial charge in [-0.2, -0.15) is 0 Å². The summed E-state index contributed by atoms with van der Waals surface area (Å²) in [4.78, 5) is 7.16. The van der Waals surface area contributed by atoms with Gasteiger partial charge in [0.15, 0.2) is 0 Å². The fraction of sp³-hybridized carbons (Fsp3) is 0.667. The van der Waals surface area contributed by atoms with Crippen molar-refractivity contribution in [1.82, 2.24) is 4.98 Å². The maximum Gasteiger partial charge on any atom is 0.129 e. The molecule has 1 aliphatic rings. The first-order chi connectivity index (χ1) is 8.63. The van der Waals surface area contributed by atoms with E-state index in [9.17, 15) is 0 Å². The first kappa shape index (κ1) is 13.7. The highest BCUT2D eigenvalue weighted by molar-refractivity contribution is 6.17. The van der Waals surface area contributed by atoms with Crippen LogP contribution >= 0.6 is 11.6 Å². The second-order valence-corrected chi connectivity index (χ2v) is 5.82. The van der Waals surface area contributed by atoms with E-state index >= 15 is 0 Å². The van der Waals surface area contributed by atoms with Crippen molar-refractivity contribution in [3.05, 3.63) is 23.4 Å². The van der Waals surface area contributed by atoms with Crippen LogP contribution in [0.3, 0.4) is 0 Å². The molecule has 0 spiro atoms. The summed E-state index contributed by atoms with van der Waals surface area (Å²) in [6, 6.07) is 4.27. The van der Waals surface area contributed by atoms with E-state index in [0.717, 1.165) is 42.9 Å². The molecule has 0 bridgehead atoms. The Labute approximate surface area is 115 Å². The molecule has 2 heterocycles. The molecule has 18 heavy (non-hydrogen) atoms. The minimum Gasteiger partial charge on any atom is -0.356 e. The molecule has 0 saturated carbocycles. The first-order valence-corrected chi connectivity index (χ1v) is 7.48. The second kappa shape index (κ2) is 5.92. The molecule has 1 fully saturated rings. The number of alkyl halides is 1. The van der Waals surface area contributed by atoms with E-state index in [1.54, 1.807) is 0 Å². The van der Waals surface area contributed by atoms with Crippen LogP contribution in [0.5, 0.6) is 0 Å². The van der Waals surface area contributed by atoms with Crippen LogP contribution in [0.2, 0.25) is 0 Å². The van der Waals surface area contributed by atoms with Gasteiger partial charge in [-0.3, -0.25) is 0 Å². The van der Waals surface area contributed by atoms with Gasteiger partial charge < -0.3 is 4.90 Å². The van der Waals surface area contributed by atoms with E-state index in [1.807, 2.05) is 0 Å². The molecule has 3 heteroatoms. The summed E-state index contributed by atoms with van der Waals surface area (Å²) >= 11 is 5.97. The van der Waals surface area contributed by atoms with Crippen LogP contribution in [0.1, 0.15) is 38.4 Å². The van der Waals surface area contributed by atoms with E-state index in [2.05, 4.69) is 37.8 Å². The summed E-state index contributed by atoms with van der Waals surface area (Å²) in [7, 11) is 0. The van der Waals surface area contributed by atoms with Crippen LogP contribution in [-0.2, 0) is 12.3 Å². The number of pyridine rings is 1. The number of hydrogen-bond acceptors (Lipinski definition) is 2. The summed E-state index contributed by atoms with van der Waals surface area (Å²) in [6.07, 6.45) is 2.26. The predicted molar refractivity (Wildman–Crippen MR) is 78.3 cm³/mol. The number of aromatic nitrogens is 1. The summed E-state index contributed by atoms with van der Waals surface area (Å²) in [5, 5.41) is 0. The van der Waals surface area contributed by atoms with E-state index in [-0.39, 0.29) is 0 Å². The molecule has 1 aliphatic heterocycles. The number of rotatable bonds is 4. The Morgan fingerprint density at radius 1 is 1.44 bits per heavy atom. The zero-order chi connectivity index (χ0) is 13.1. The van der Waals surface area contributed by atoms with Crippen molar-refractivity contribution in [2.45, 2.75) is 39.5 Å². The van der Waals surface area contributed by atoms with Crippen LogP contribution in [0.15, 0.2) is 12.1 Å². The van der Waals surface area contributed by atoms with Crippen LogP contribution in [0.4, 0.5) is 5.82 Å². The summed E-state index contributed by atoms with van der Waals surface area (Å²) in [5.41, 5.74) is 2.34. The van der Waals surface area contributed by atoms with E-state index in [0.29, 0.717) is 5.88 Å². The van der Waals surface area contributed by atoms with Gasteiger partial charge in [-0.05, 0) is 42.4 Å². The van der Waals surface area contributed by atoms with Crippen molar-refractivity contribution >= 4 is 17.4 Å². The standard InChI is InChI=1S/C15H23ClN2/c1-4-14-7-12(9-16)8-15(17-14)18-6-5-13(10-18)11(2)3/h7-8,11,13H,4-6,9-10H2,1-3H3. The first-order valence-electron chi connectivity index (χ1n) is 6.94. The maximum atomic E-state index is 5.97. The average Bonchev–Trinajstić information content (AvgIpc) is 2.87. The molecular formula is C15H23ClN2. The van der Waals surface area contributed by atoms with Gasteiger partial charge in [0, 0.05) is 24.7 Å². The summed E-state index contributed by atoms with van der Waals surface area (Å²) in [6.45, 7) is 9.04. The SMILES string of the molecule is CCc1cc(CCl)cc(N2CCC(C(C)C)C2)n1. The number of nitrogens with zero attached hydrogens (tertiary/aromatic N) is 2. The minimum atomic E-state index is 0.573. The normalized spacial score (nSPS) is 19.8. The van der Waals surface area contributed by atoms with Crippen molar-refractivity contribution in [3.63, 3.8) is 0 Å². The lowest BCUT2D eigenvalue weighted by Crippen LogP contribution is -2.22. The van der Waals surface area contributed by atoms with Crippen LogP contribution in [-0.4, -0.2) is 18.1 Å². The van der Waals surface area contributed by atoms with Crippen LogP contribution in [0.25, 0.3) is 0 Å². The van der Waals surface area contributed by atoms with Crippen molar-refractivity contribution in [2.24, 2.45) is 11.8 Å². The van der Waals surface area contributed by atoms with Gasteiger partial charge in [0.05, 0.1) is 0 Å². The van der Waals surface area contributed by atoms with Crippen molar-refractivity contribution < 1.29 is 0 Å². The molecule has 100 valence electrons. The number of aryl methyl sites for hydroxylation is 1. The Balaban J connectivity index is 2.18. The highest BCUT2D eigenvalue weighted by Gasteiger charge is 2.25. The zero-order valence-corrected chi connectivity index (χ0v) is 12.4. The van der Waals surface area contributed by atoms with Crippen molar-refractivity contribution in [3.8, 4) is 0 Å². The lowest BCUT2D eigenvalue weighted by molar-refractivity contribution is 0.422. The Morgan fingerprint density at radius 3 is 2.78 bits per heavy atom. The molecule has 1 saturated heterocycles. The Bertz CT molecular complexity index is 381. The lowest BCUT2D eigenvalue weighted by Gasteiger charge is -2.20. The largest absolute Gasteiger partial charge is 0.356 e. The van der Waals surface area contributed by atoms with Gasteiger partial charge in [-0.25, -0.2) is 4.98 Å². The van der Waals surface area contributed by atoms with Gasteiger partial charge in [0.1, 0.15) is 5.82 Å². The fourth-order valence-electron chi connectivity index (χ4n) is 2.59. The van der Waals surface area contributed by atoms with E-state index in [4.69, 9.17) is 16.6 Å². The minimum absolute atomic E-state index is 0.573. The Hall–Kier alpha value is -0.760. The lowest BCUT2D eigenvalue weighted by atomic mass is 9.95. The quantitative estimate of drug-likeness (QED) is 0.770. The Morgan fingerprint density at radius 2 is 2.22 bits per heavy atom. The zero-order valence-electron chi connectivity index (χ0n) is 11.6. The molecule has 0 radical (unpaired) electrons. The highest BCUT2D eigenvalue weighted by atomic mass is 35.5. The van der Waals surface area contributed by atoms with Gasteiger partial charge >= 0.3 is 0 Å². The van der Waals surface area contributed by atoms with Gasteiger partial charge in [-0.1, -0.05) is 20.8 Å². The monoisotopic (exact) mass is 266 g/mol. The molecule has 0 aromatic carbocycles. The molecular weight excluding hydrogens is 244 g/mol. The van der Waals surface area contributed by atoms with Crippen molar-refractivity contribution in [1.29, 1.82) is 0 Å². The molecule has 1 atom stereocenters. The average molecular weight is 267 g/mol. The topological polar surface area (TPSA) is 16.1 Å². The smallest absolute Gasteiger partial charge is 0.129 e. The van der Waals surface area contributed by atoms with Gasteiger partial charge in [0.25, 0.3) is 0 Å². The fourth-order valence-corrected chi connectivity index (χ4v) is 2.75. The molecule has 1 aromatic heterocycles. The second-order valence-electron chi connectivity index (χ2n) is 5.55. The van der Waals surface area contributed by atoms with Crippen molar-refractivity contribution in [2.75, 3.05) is 18.0 Å². The summed E-state index contributed by atoms with van der Waals surface area (Å²) in [5.74, 6) is 3.26. The highest BCUT2D eigenvalue weighted by Crippen LogP contribution is 2.28. The maximum absolute atomic E-state index is 5.97. The van der Waals surface area contributed by atoms with E-state index in [1.165, 1.54) is 12.0 Å². The van der Waals surface area contributed by atoms with Gasteiger partial charge in [0.2, 0.25) is 0 Å². The number of anilines is 1. The molecule has 2 rings (SSSR count). The van der Waals surface area contributed by atoms with E-state index < -0.39 is 0 Å². The molecule has 0 N–H and O–H groups in total. The summed E-state index contributed by atoms with van der Waals surface area (Å²) < 4.78 is 0.